The molecular weight excluding hydrogens is 318 g/mol. The normalized spacial score (nSPS) is 12.7. The standard InChI is InChI=1S/C13H16ClNO5S/c1-3-8(2)21(19,20)7-12(16)15-11-6-9(13(17)18)4-5-10(11)14/h4-6,8H,3,7H2,1-2H3,(H,15,16)(H,17,18). The number of hydrogen-bond acceptors (Lipinski definition) is 4. The minimum Gasteiger partial charge on any atom is -0.478 e. The van der Waals surface area contributed by atoms with Gasteiger partial charge >= 0.3 is 5.97 Å². The van der Waals surface area contributed by atoms with E-state index >= 15 is 0 Å². The van der Waals surface area contributed by atoms with Crippen molar-refractivity contribution in [2.45, 2.75) is 25.5 Å². The maximum Gasteiger partial charge on any atom is 0.335 e. The van der Waals surface area contributed by atoms with Gasteiger partial charge in [-0.05, 0) is 31.5 Å². The van der Waals surface area contributed by atoms with Crippen LogP contribution in [0.25, 0.3) is 0 Å². The first kappa shape index (κ1) is 17.5. The molecule has 0 aliphatic rings. The van der Waals surface area contributed by atoms with Gasteiger partial charge in [-0.15, -0.1) is 0 Å². The van der Waals surface area contributed by atoms with Gasteiger partial charge in [0.2, 0.25) is 5.91 Å². The number of carboxylic acid groups (broad SMARTS) is 1. The fraction of sp³-hybridized carbons (Fsp3) is 0.385. The van der Waals surface area contributed by atoms with E-state index in [2.05, 4.69) is 5.32 Å². The molecule has 1 atom stereocenters. The van der Waals surface area contributed by atoms with E-state index < -0.39 is 32.7 Å². The van der Waals surface area contributed by atoms with Crippen molar-refractivity contribution in [3.63, 3.8) is 0 Å². The van der Waals surface area contributed by atoms with Crippen LogP contribution in [-0.4, -0.2) is 36.4 Å². The van der Waals surface area contributed by atoms with E-state index in [9.17, 15) is 18.0 Å². The zero-order chi connectivity index (χ0) is 16.2. The number of halogens is 1. The van der Waals surface area contributed by atoms with Crippen LogP contribution >= 0.6 is 11.6 Å². The molecule has 1 aromatic carbocycles. The maximum absolute atomic E-state index is 11.8. The smallest absolute Gasteiger partial charge is 0.335 e. The first-order valence-electron chi connectivity index (χ1n) is 6.21. The molecule has 8 heteroatoms. The van der Waals surface area contributed by atoms with Crippen molar-refractivity contribution in [1.29, 1.82) is 0 Å². The molecule has 0 saturated carbocycles. The molecule has 0 heterocycles. The van der Waals surface area contributed by atoms with E-state index in [4.69, 9.17) is 16.7 Å². The van der Waals surface area contributed by atoms with Gasteiger partial charge in [0.05, 0.1) is 21.5 Å². The molecule has 0 saturated heterocycles. The molecular formula is C13H16ClNO5S. The largest absolute Gasteiger partial charge is 0.478 e. The Morgan fingerprint density at radius 3 is 2.52 bits per heavy atom. The highest BCUT2D eigenvalue weighted by Crippen LogP contribution is 2.23. The summed E-state index contributed by atoms with van der Waals surface area (Å²) in [5.74, 6) is -2.59. The molecule has 1 rings (SSSR count). The van der Waals surface area contributed by atoms with Gasteiger partial charge in [-0.1, -0.05) is 18.5 Å². The summed E-state index contributed by atoms with van der Waals surface area (Å²) in [4.78, 5) is 22.6. The lowest BCUT2D eigenvalue weighted by Gasteiger charge is -2.11. The van der Waals surface area contributed by atoms with Crippen LogP contribution in [0.5, 0.6) is 0 Å². The Morgan fingerprint density at radius 1 is 1.38 bits per heavy atom. The van der Waals surface area contributed by atoms with Crippen molar-refractivity contribution < 1.29 is 23.1 Å². The van der Waals surface area contributed by atoms with Crippen LogP contribution in [0.1, 0.15) is 30.6 Å². The van der Waals surface area contributed by atoms with Crippen LogP contribution in [0.4, 0.5) is 5.69 Å². The van der Waals surface area contributed by atoms with Gasteiger partial charge in [0.1, 0.15) is 5.75 Å². The molecule has 0 aliphatic carbocycles. The maximum atomic E-state index is 11.8. The van der Waals surface area contributed by atoms with Crippen molar-refractivity contribution >= 4 is 39.0 Å². The molecule has 21 heavy (non-hydrogen) atoms. The molecule has 1 aromatic rings. The van der Waals surface area contributed by atoms with E-state index in [-0.39, 0.29) is 16.3 Å². The average Bonchev–Trinajstić information content (AvgIpc) is 2.39. The minimum atomic E-state index is -3.54. The fourth-order valence-corrected chi connectivity index (χ4v) is 2.91. The zero-order valence-corrected chi connectivity index (χ0v) is 13.2. The fourth-order valence-electron chi connectivity index (χ4n) is 1.52. The molecule has 1 unspecified atom stereocenters. The third kappa shape index (κ3) is 4.71. The summed E-state index contributed by atoms with van der Waals surface area (Å²) >= 11 is 5.85. The first-order valence-corrected chi connectivity index (χ1v) is 8.31. The Hall–Kier alpha value is -1.60. The van der Waals surface area contributed by atoms with Crippen molar-refractivity contribution in [2.24, 2.45) is 0 Å². The van der Waals surface area contributed by atoms with Crippen LogP contribution in [-0.2, 0) is 14.6 Å². The average molecular weight is 334 g/mol. The predicted octanol–water partition coefficient (Wildman–Crippen LogP) is 2.19. The van der Waals surface area contributed by atoms with Crippen LogP contribution in [0.3, 0.4) is 0 Å². The summed E-state index contributed by atoms with van der Waals surface area (Å²) in [6.07, 6.45) is 0.408. The monoisotopic (exact) mass is 333 g/mol. The number of carbonyl (C=O) groups excluding carboxylic acids is 1. The molecule has 0 spiro atoms. The van der Waals surface area contributed by atoms with Crippen LogP contribution < -0.4 is 5.32 Å². The van der Waals surface area contributed by atoms with Crippen LogP contribution in [0, 0.1) is 0 Å². The highest BCUT2D eigenvalue weighted by Gasteiger charge is 2.23. The molecule has 1 amide bonds. The van der Waals surface area contributed by atoms with Gasteiger partial charge in [0.25, 0.3) is 0 Å². The van der Waals surface area contributed by atoms with Crippen molar-refractivity contribution in [3.05, 3.63) is 28.8 Å². The van der Waals surface area contributed by atoms with Crippen molar-refractivity contribution in [2.75, 3.05) is 11.1 Å². The number of nitrogens with one attached hydrogen (secondary N) is 1. The van der Waals surface area contributed by atoms with Gasteiger partial charge in [0.15, 0.2) is 9.84 Å². The van der Waals surface area contributed by atoms with E-state index in [1.54, 1.807) is 6.92 Å². The minimum absolute atomic E-state index is 0.0560. The van der Waals surface area contributed by atoms with Crippen molar-refractivity contribution in [3.8, 4) is 0 Å². The zero-order valence-electron chi connectivity index (χ0n) is 11.6. The van der Waals surface area contributed by atoms with Gasteiger partial charge in [-0.2, -0.15) is 0 Å². The third-order valence-corrected chi connectivity index (χ3v) is 5.56. The lowest BCUT2D eigenvalue weighted by atomic mass is 10.2. The number of anilines is 1. The lowest BCUT2D eigenvalue weighted by Crippen LogP contribution is -2.29. The molecule has 6 nitrogen and oxygen atoms in total. The topological polar surface area (TPSA) is 101 Å². The van der Waals surface area contributed by atoms with Gasteiger partial charge in [0, 0.05) is 0 Å². The second-order valence-corrected chi connectivity index (χ2v) is 7.40. The molecule has 0 aliphatic heterocycles. The molecule has 116 valence electrons. The van der Waals surface area contributed by atoms with E-state index in [1.165, 1.54) is 25.1 Å². The number of aromatic carboxylic acids is 1. The summed E-state index contributed by atoms with van der Waals surface area (Å²) in [5.41, 5.74) is 0.0143. The predicted molar refractivity (Wildman–Crippen MR) is 80.6 cm³/mol. The molecule has 0 aromatic heterocycles. The molecule has 2 N–H and O–H groups in total. The second kappa shape index (κ2) is 6.91. The Morgan fingerprint density at radius 2 is 2.00 bits per heavy atom. The Labute approximate surface area is 128 Å². The number of carbonyl (C=O) groups is 2. The summed E-state index contributed by atoms with van der Waals surface area (Å²) in [6.45, 7) is 3.24. The van der Waals surface area contributed by atoms with Crippen molar-refractivity contribution in [1.82, 2.24) is 0 Å². The number of benzene rings is 1. The van der Waals surface area contributed by atoms with Crippen LogP contribution in [0.15, 0.2) is 18.2 Å². The van der Waals surface area contributed by atoms with Gasteiger partial charge < -0.3 is 10.4 Å². The number of amides is 1. The summed E-state index contributed by atoms with van der Waals surface area (Å²) in [7, 11) is -3.54. The summed E-state index contributed by atoms with van der Waals surface area (Å²) in [6, 6.07) is 3.79. The second-order valence-electron chi connectivity index (χ2n) is 4.57. The third-order valence-electron chi connectivity index (χ3n) is 3.01. The van der Waals surface area contributed by atoms with Gasteiger partial charge in [-0.25, -0.2) is 13.2 Å². The van der Waals surface area contributed by atoms with E-state index in [1.807, 2.05) is 0 Å². The Kier molecular flexibility index (Phi) is 5.74. The molecule has 0 radical (unpaired) electrons. The highest BCUT2D eigenvalue weighted by atomic mass is 35.5. The molecule has 0 bridgehead atoms. The lowest BCUT2D eigenvalue weighted by molar-refractivity contribution is -0.113. The SMILES string of the molecule is CCC(C)S(=O)(=O)CC(=O)Nc1cc(C(=O)O)ccc1Cl. The van der Waals surface area contributed by atoms with Crippen LogP contribution in [0.2, 0.25) is 5.02 Å². The number of sulfone groups is 1. The summed E-state index contributed by atoms with van der Waals surface area (Å²) in [5, 5.41) is 10.7. The Bertz CT molecular complexity index is 657. The molecule has 0 fully saturated rings. The van der Waals surface area contributed by atoms with E-state index in [0.717, 1.165) is 0 Å². The highest BCUT2D eigenvalue weighted by molar-refractivity contribution is 7.92. The summed E-state index contributed by atoms with van der Waals surface area (Å²) < 4.78 is 23.7. The Balaban J connectivity index is 2.89. The first-order chi connectivity index (χ1) is 9.67. The number of carboxylic acids is 1. The number of hydrogen-bond donors (Lipinski definition) is 2. The van der Waals surface area contributed by atoms with Gasteiger partial charge in [-0.3, -0.25) is 4.79 Å². The quantitative estimate of drug-likeness (QED) is 0.831. The van der Waals surface area contributed by atoms with E-state index in [0.29, 0.717) is 6.42 Å². The number of rotatable bonds is 6.